The van der Waals surface area contributed by atoms with Crippen molar-refractivity contribution in [2.75, 3.05) is 71.7 Å². The number of nitrogens with zero attached hydrogens (tertiary/aromatic N) is 3. The van der Waals surface area contributed by atoms with E-state index in [1.54, 1.807) is 19.1 Å². The molecule has 10 N–H and O–H groups in total. The Morgan fingerprint density at radius 3 is 1.74 bits per heavy atom. The molecule has 0 aliphatic heterocycles. The van der Waals surface area contributed by atoms with Gasteiger partial charge in [-0.2, -0.15) is 5.21 Å². The number of sulfonamides is 1. The van der Waals surface area contributed by atoms with Gasteiger partial charge in [0.25, 0.3) is 5.91 Å². The van der Waals surface area contributed by atoms with Crippen LogP contribution in [0.4, 0.5) is 0 Å². The number of aromatic amines is 1. The van der Waals surface area contributed by atoms with Gasteiger partial charge in [-0.1, -0.05) is 107 Å². The van der Waals surface area contributed by atoms with Crippen LogP contribution < -0.4 is 31.7 Å². The number of ketones is 2. The molecule has 3 atom stereocenters. The van der Waals surface area contributed by atoms with E-state index in [1.807, 2.05) is 26.0 Å². The molecular weight excluding hydrogens is 1190 g/mol. The number of benzene rings is 1. The first-order chi connectivity index (χ1) is 43.2. The monoisotopic (exact) mass is 1290 g/mol. The van der Waals surface area contributed by atoms with Gasteiger partial charge in [-0.05, 0) is 76.8 Å². The molecule has 0 bridgehead atoms. The van der Waals surface area contributed by atoms with Gasteiger partial charge in [-0.25, -0.2) is 13.2 Å². The fourth-order valence-electron chi connectivity index (χ4n) is 8.75. The van der Waals surface area contributed by atoms with Gasteiger partial charge in [-0.3, -0.25) is 47.9 Å². The van der Waals surface area contributed by atoms with E-state index in [9.17, 15) is 61.5 Å². The number of carboxylic acid groups (broad SMARTS) is 2. The molecular formula is C61H102N10O18S. The molecule has 0 aliphatic rings. The maximum atomic E-state index is 12.3. The van der Waals surface area contributed by atoms with Gasteiger partial charge in [0.1, 0.15) is 31.1 Å². The van der Waals surface area contributed by atoms with Crippen molar-refractivity contribution in [1.29, 1.82) is 0 Å². The number of nitrogens with one attached hydrogen (secondary N) is 6. The maximum Gasteiger partial charge on any atom is 0.326 e. The molecule has 0 saturated carbocycles. The van der Waals surface area contributed by atoms with Gasteiger partial charge in [0.2, 0.25) is 39.6 Å². The van der Waals surface area contributed by atoms with E-state index in [1.165, 1.54) is 44.9 Å². The van der Waals surface area contributed by atoms with Crippen molar-refractivity contribution in [1.82, 2.24) is 46.6 Å². The van der Waals surface area contributed by atoms with Gasteiger partial charge in [0.15, 0.2) is 11.6 Å². The standard InChI is InChI=1S/C37H65N7O12S.C24H37N3O6/c1-2-31(37(51)52)39-34(47)21-20-29(36(49)50)27-30(45)28-56-25-24-55-23-22-38-33(46)19-16-26-57(53,54)42-35(48)18-15-13-11-9-7-5-3-4-6-8-10-12-14-17-32-40-43-44-41-32;1-3-20(28)7-6-14-32-15-16-33-17-22(29)27-21(23(25)30)8-4-5-13-26-24(31)19-11-9-18(2)10-12-19/h29,31H,2-28H2,1H3,(H,38,46)(H,39,47)(H,42,48)(H,49,50)(H,51,52)(H,40,41,43,44);9-12,21H,3-8,13-17H2,1-2H3,(H2,25,30)(H,26,31)(H,27,29)/t29-,31?;21-/m10/s1. The summed E-state index contributed by atoms with van der Waals surface area (Å²) in [7, 11) is -3.84. The normalized spacial score (nSPS) is 12.1. The summed E-state index contributed by atoms with van der Waals surface area (Å²) in [6.45, 7) is 6.72. The fourth-order valence-corrected chi connectivity index (χ4v) is 9.83. The zero-order valence-electron chi connectivity index (χ0n) is 53.2. The van der Waals surface area contributed by atoms with Crippen molar-refractivity contribution in [3.8, 4) is 0 Å². The molecule has 0 radical (unpaired) electrons. The molecule has 2 rings (SSSR count). The van der Waals surface area contributed by atoms with Gasteiger partial charge in [0.05, 0.1) is 44.7 Å². The summed E-state index contributed by atoms with van der Waals surface area (Å²) >= 11 is 0. The summed E-state index contributed by atoms with van der Waals surface area (Å²) in [5.74, 6) is -6.13. The summed E-state index contributed by atoms with van der Waals surface area (Å²) in [6, 6.07) is 5.44. The third-order valence-corrected chi connectivity index (χ3v) is 15.4. The molecule has 510 valence electrons. The largest absolute Gasteiger partial charge is 0.481 e. The molecule has 1 aromatic heterocycles. The second-order valence-electron chi connectivity index (χ2n) is 21.9. The molecule has 90 heavy (non-hydrogen) atoms. The molecule has 1 unspecified atom stereocenters. The Kier molecular flexibility index (Phi) is 46.8. The highest BCUT2D eigenvalue weighted by Gasteiger charge is 2.25. The highest BCUT2D eigenvalue weighted by molar-refractivity contribution is 7.90. The number of nitrogens with two attached hydrogens (primary N) is 1. The number of carbonyl (C=O) groups excluding carboxylic acids is 8. The number of rotatable bonds is 56. The number of amides is 6. The minimum absolute atomic E-state index is 0.0326. The fraction of sp³-hybridized carbons (Fsp3) is 0.721. The first-order valence-electron chi connectivity index (χ1n) is 31.7. The predicted molar refractivity (Wildman–Crippen MR) is 333 cm³/mol. The smallest absolute Gasteiger partial charge is 0.326 e. The number of aromatic nitrogens is 4. The van der Waals surface area contributed by atoms with Crippen LogP contribution in [0.25, 0.3) is 0 Å². The van der Waals surface area contributed by atoms with E-state index in [2.05, 4.69) is 46.6 Å². The lowest BCUT2D eigenvalue weighted by molar-refractivity contribution is -0.145. The summed E-state index contributed by atoms with van der Waals surface area (Å²) in [4.78, 5) is 118. The highest BCUT2D eigenvalue weighted by atomic mass is 32.2. The lowest BCUT2D eigenvalue weighted by Gasteiger charge is -2.15. The zero-order chi connectivity index (χ0) is 66.6. The summed E-state index contributed by atoms with van der Waals surface area (Å²) in [5.41, 5.74) is 7.06. The van der Waals surface area contributed by atoms with Crippen LogP contribution >= 0.6 is 0 Å². The van der Waals surface area contributed by atoms with Gasteiger partial charge in [0, 0.05) is 70.2 Å². The number of tetrazole rings is 1. The molecule has 1 aromatic carbocycles. The first-order valence-corrected chi connectivity index (χ1v) is 33.4. The topological polar surface area (TPSA) is 423 Å². The predicted octanol–water partition coefficient (Wildman–Crippen LogP) is 4.66. The number of hydrogen-bond acceptors (Lipinski definition) is 19. The maximum absolute atomic E-state index is 12.3. The highest BCUT2D eigenvalue weighted by Crippen LogP contribution is 2.15. The molecule has 0 saturated heterocycles. The lowest BCUT2D eigenvalue weighted by atomic mass is 9.97. The summed E-state index contributed by atoms with van der Waals surface area (Å²) in [5, 5.41) is 42.7. The van der Waals surface area contributed by atoms with E-state index in [0.29, 0.717) is 70.3 Å². The minimum Gasteiger partial charge on any atom is -0.481 e. The summed E-state index contributed by atoms with van der Waals surface area (Å²) < 4.78 is 47.7. The number of aryl methyl sites for hydroxylation is 2. The van der Waals surface area contributed by atoms with Crippen LogP contribution in [0.15, 0.2) is 24.3 Å². The SMILES string of the molecule is CCC(=O)CCCOCCOCC(=O)N[C@@H](CCCCNC(=O)c1ccc(C)cc1)C(N)=O.CCC(NC(=O)CC[C@H](CC(=O)COCCOCCNC(=O)CCCS(=O)(=O)NC(=O)CCCCCCCCCCCCCCCc1nn[nH]n1)C(=O)O)C(=O)O. The molecule has 2 aromatic rings. The van der Waals surface area contributed by atoms with Gasteiger partial charge in [-0.15, -0.1) is 10.2 Å². The number of carboxylic acids is 2. The Hall–Kier alpha value is -6.82. The quantitative estimate of drug-likeness (QED) is 0.0407. The van der Waals surface area contributed by atoms with Crippen LogP contribution in [0.1, 0.15) is 203 Å². The number of hydrogen-bond donors (Lipinski definition) is 9. The van der Waals surface area contributed by atoms with E-state index in [-0.39, 0.29) is 114 Å². The number of Topliss-reactive ketones (excluding diaryl/α,β-unsaturated/α-hetero) is 2. The number of primary amides is 1. The van der Waals surface area contributed by atoms with E-state index in [0.717, 1.165) is 49.9 Å². The molecule has 0 fully saturated rings. The number of aliphatic carboxylic acids is 2. The number of H-pyrrole nitrogens is 1. The molecule has 0 aliphatic carbocycles. The molecule has 28 nitrogen and oxygen atoms in total. The van der Waals surface area contributed by atoms with Crippen LogP contribution in [-0.2, 0) is 78.5 Å². The molecule has 29 heteroatoms. The van der Waals surface area contributed by atoms with Gasteiger partial charge >= 0.3 is 11.9 Å². The molecule has 0 spiro atoms. The third kappa shape index (κ3) is 45.4. The van der Waals surface area contributed by atoms with E-state index in [4.69, 9.17) is 29.8 Å². The lowest BCUT2D eigenvalue weighted by Crippen LogP contribution is -2.45. The van der Waals surface area contributed by atoms with Crippen LogP contribution in [0, 0.1) is 12.8 Å². The van der Waals surface area contributed by atoms with E-state index >= 15 is 0 Å². The summed E-state index contributed by atoms with van der Waals surface area (Å²) in [6.07, 6.45) is 18.3. The second kappa shape index (κ2) is 51.9. The van der Waals surface area contributed by atoms with Crippen LogP contribution in [0.5, 0.6) is 0 Å². The van der Waals surface area contributed by atoms with Crippen molar-refractivity contribution >= 4 is 69.0 Å². The van der Waals surface area contributed by atoms with Crippen LogP contribution in [0.2, 0.25) is 0 Å². The molecule has 1 heterocycles. The Morgan fingerprint density at radius 2 is 1.16 bits per heavy atom. The van der Waals surface area contributed by atoms with Crippen LogP contribution in [-0.4, -0.2) is 182 Å². The Morgan fingerprint density at radius 1 is 0.567 bits per heavy atom. The van der Waals surface area contributed by atoms with Crippen molar-refractivity contribution in [2.24, 2.45) is 11.7 Å². The minimum atomic E-state index is -3.84. The second-order valence-corrected chi connectivity index (χ2v) is 23.7. The third-order valence-electron chi connectivity index (χ3n) is 14.0. The number of ether oxygens (including phenoxy) is 4. The zero-order valence-corrected chi connectivity index (χ0v) is 54.0. The van der Waals surface area contributed by atoms with E-state index < -0.39 is 69.4 Å². The Balaban J connectivity index is 0.00000104. The average Bonchev–Trinajstić information content (AvgIpc) is 3.50. The van der Waals surface area contributed by atoms with Crippen molar-refractivity contribution < 1.29 is 85.5 Å². The van der Waals surface area contributed by atoms with Crippen molar-refractivity contribution in [3.05, 3.63) is 41.2 Å². The average molecular weight is 1300 g/mol. The van der Waals surface area contributed by atoms with Crippen LogP contribution in [0.3, 0.4) is 0 Å². The van der Waals surface area contributed by atoms with Crippen molar-refractivity contribution in [2.45, 2.75) is 206 Å². The number of unbranched alkanes of at least 4 members (excludes halogenated alkanes) is 13. The Labute approximate surface area is 529 Å². The Bertz CT molecular complexity index is 2490. The molecule has 6 amide bonds. The number of carbonyl (C=O) groups is 10. The van der Waals surface area contributed by atoms with Crippen molar-refractivity contribution in [3.63, 3.8) is 0 Å². The van der Waals surface area contributed by atoms with Gasteiger partial charge < -0.3 is 56.2 Å². The first kappa shape index (κ1) is 81.2.